The molecule has 1 aliphatic carbocycles. The number of carbonyl (C=O) groups is 2. The lowest BCUT2D eigenvalue weighted by Gasteiger charge is -2.19. The molecular formula is C15H10F2O4. The van der Waals surface area contributed by atoms with Crippen LogP contribution in [-0.2, 0) is 9.59 Å². The van der Waals surface area contributed by atoms with E-state index in [0.29, 0.717) is 5.57 Å². The Hall–Kier alpha value is -2.76. The zero-order chi connectivity index (χ0) is 15.6. The van der Waals surface area contributed by atoms with E-state index < -0.39 is 23.4 Å². The molecular weight excluding hydrogens is 282 g/mol. The van der Waals surface area contributed by atoms with Crippen molar-refractivity contribution in [2.75, 3.05) is 0 Å². The molecule has 1 aromatic carbocycles. The summed E-state index contributed by atoms with van der Waals surface area (Å²) in [6.07, 6.45) is 2.53. The molecule has 0 spiro atoms. The van der Waals surface area contributed by atoms with Crippen LogP contribution < -0.4 is 10.4 Å². The third-order valence-electron chi connectivity index (χ3n) is 3.20. The topological polar surface area (TPSA) is 74.6 Å². The average molecular weight is 292 g/mol. The van der Waals surface area contributed by atoms with Gasteiger partial charge in [-0.3, -0.25) is 9.59 Å². The number of halogens is 2. The minimum absolute atomic E-state index is 0.203. The summed E-state index contributed by atoms with van der Waals surface area (Å²) in [6, 6.07) is 5.70. The average Bonchev–Trinajstić information content (AvgIpc) is 2.46. The minimum Gasteiger partial charge on any atom is -0.480 e. The number of carboxylic acid groups (broad SMARTS) is 2. The Morgan fingerprint density at radius 3 is 1.95 bits per heavy atom. The van der Waals surface area contributed by atoms with Gasteiger partial charge in [0.05, 0.1) is 0 Å². The summed E-state index contributed by atoms with van der Waals surface area (Å²) < 4.78 is 25.7. The monoisotopic (exact) mass is 292 g/mol. The summed E-state index contributed by atoms with van der Waals surface area (Å²) in [5.74, 6) is -3.09. The van der Waals surface area contributed by atoms with Gasteiger partial charge in [-0.15, -0.1) is 0 Å². The standard InChI is InChI=1S/C15H10F2O4/c16-12(17)11-4-2-1-3-10(11)9-5-7-15(8-6-9,13(18)19)14(20)21/h1-8H,(H,18,19)(H,20,21). The predicted octanol–water partition coefficient (Wildman–Crippen LogP) is 1.12. The molecule has 108 valence electrons. The molecule has 2 rings (SSSR count). The van der Waals surface area contributed by atoms with Crippen LogP contribution in [0.2, 0.25) is 0 Å². The molecule has 1 aliphatic rings. The number of carboxylic acids is 2. The zero-order valence-corrected chi connectivity index (χ0v) is 10.6. The van der Waals surface area contributed by atoms with Crippen molar-refractivity contribution in [2.24, 2.45) is 5.41 Å². The highest BCUT2D eigenvalue weighted by molar-refractivity contribution is 6.04. The summed E-state index contributed by atoms with van der Waals surface area (Å²) in [5.41, 5.74) is -1.85. The van der Waals surface area contributed by atoms with Crippen LogP contribution in [0.5, 0.6) is 0 Å². The number of aliphatic carboxylic acids is 2. The van der Waals surface area contributed by atoms with Crippen molar-refractivity contribution in [2.45, 2.75) is 0 Å². The molecule has 0 amide bonds. The summed E-state index contributed by atoms with van der Waals surface area (Å²) in [7, 11) is 0. The van der Waals surface area contributed by atoms with Crippen molar-refractivity contribution in [1.82, 2.24) is 0 Å². The number of hydrogen-bond acceptors (Lipinski definition) is 2. The molecule has 0 unspecified atom stereocenters. The Labute approximate surface area is 117 Å². The van der Waals surface area contributed by atoms with Gasteiger partial charge in [0.25, 0.3) is 6.08 Å². The summed E-state index contributed by atoms with van der Waals surface area (Å²) in [4.78, 5) is 22.2. The first-order chi connectivity index (χ1) is 9.88. The van der Waals surface area contributed by atoms with E-state index in [-0.39, 0.29) is 10.4 Å². The van der Waals surface area contributed by atoms with E-state index >= 15 is 0 Å². The largest absolute Gasteiger partial charge is 0.480 e. The molecule has 6 heteroatoms. The van der Waals surface area contributed by atoms with Gasteiger partial charge in [-0.2, -0.15) is 8.78 Å². The smallest absolute Gasteiger partial charge is 0.328 e. The number of allylic oxidation sites excluding steroid dienone is 2. The summed E-state index contributed by atoms with van der Waals surface area (Å²) >= 11 is 0. The molecule has 0 radical (unpaired) electrons. The van der Waals surface area contributed by atoms with E-state index in [1.807, 2.05) is 0 Å². The molecule has 0 atom stereocenters. The van der Waals surface area contributed by atoms with Crippen LogP contribution in [0.1, 0.15) is 0 Å². The first-order valence-electron chi connectivity index (χ1n) is 5.88. The van der Waals surface area contributed by atoms with Crippen molar-refractivity contribution < 1.29 is 28.6 Å². The fourth-order valence-corrected chi connectivity index (χ4v) is 2.01. The van der Waals surface area contributed by atoms with Gasteiger partial charge in [-0.05, 0) is 16.9 Å². The second-order valence-corrected chi connectivity index (χ2v) is 4.41. The maximum atomic E-state index is 12.9. The van der Waals surface area contributed by atoms with E-state index in [2.05, 4.69) is 0 Å². The number of rotatable bonds is 2. The lowest BCUT2D eigenvalue weighted by molar-refractivity contribution is -0.157. The maximum Gasteiger partial charge on any atom is 0.328 e. The van der Waals surface area contributed by atoms with Gasteiger partial charge in [0, 0.05) is 5.22 Å². The van der Waals surface area contributed by atoms with Crippen LogP contribution in [0, 0.1) is 5.41 Å². The Morgan fingerprint density at radius 2 is 1.48 bits per heavy atom. The van der Waals surface area contributed by atoms with E-state index in [1.165, 1.54) is 30.4 Å². The van der Waals surface area contributed by atoms with Crippen LogP contribution in [0.25, 0.3) is 11.7 Å². The van der Waals surface area contributed by atoms with Crippen LogP contribution in [-0.4, -0.2) is 22.2 Å². The molecule has 2 N–H and O–H groups in total. The Kier molecular flexibility index (Phi) is 3.71. The van der Waals surface area contributed by atoms with Crippen LogP contribution in [0.4, 0.5) is 8.78 Å². The van der Waals surface area contributed by atoms with Crippen molar-refractivity contribution in [3.05, 3.63) is 59.0 Å². The third kappa shape index (κ3) is 2.47. The lowest BCUT2D eigenvalue weighted by Crippen LogP contribution is -2.37. The van der Waals surface area contributed by atoms with Gasteiger partial charge in [-0.1, -0.05) is 42.5 Å². The predicted molar refractivity (Wildman–Crippen MR) is 70.7 cm³/mol. The molecule has 0 aliphatic heterocycles. The highest BCUT2D eigenvalue weighted by atomic mass is 19.3. The first kappa shape index (κ1) is 14.6. The van der Waals surface area contributed by atoms with E-state index in [1.54, 1.807) is 6.07 Å². The van der Waals surface area contributed by atoms with Crippen LogP contribution in [0.15, 0.2) is 48.6 Å². The second kappa shape index (κ2) is 5.32. The molecule has 4 nitrogen and oxygen atoms in total. The first-order valence-corrected chi connectivity index (χ1v) is 5.88. The molecule has 0 aromatic heterocycles. The molecule has 21 heavy (non-hydrogen) atoms. The van der Waals surface area contributed by atoms with Crippen LogP contribution in [0.3, 0.4) is 0 Å². The summed E-state index contributed by atoms with van der Waals surface area (Å²) in [6.45, 7) is 0. The Bertz CT molecular complexity index is 754. The number of hydrogen-bond donors (Lipinski definition) is 2. The molecule has 0 bridgehead atoms. The fraction of sp³-hybridized carbons (Fsp3) is 0.0667. The normalized spacial score (nSPS) is 15.8. The Morgan fingerprint density at radius 1 is 0.952 bits per heavy atom. The SMILES string of the molecule is O=C(O)C1(C(=O)O)C=CC(=c2ccccc2=C(F)F)C=C1. The van der Waals surface area contributed by atoms with E-state index in [4.69, 9.17) is 10.2 Å². The fourth-order valence-electron chi connectivity index (χ4n) is 2.01. The number of benzene rings is 1. The molecule has 1 aromatic rings. The Balaban J connectivity index is 2.68. The maximum absolute atomic E-state index is 12.9. The van der Waals surface area contributed by atoms with Crippen molar-refractivity contribution in [3.63, 3.8) is 0 Å². The molecule has 0 saturated heterocycles. The summed E-state index contributed by atoms with van der Waals surface area (Å²) in [5, 5.41) is 18.0. The van der Waals surface area contributed by atoms with Gasteiger partial charge in [-0.25, -0.2) is 0 Å². The highest BCUT2D eigenvalue weighted by Gasteiger charge is 2.42. The molecule has 0 heterocycles. The second-order valence-electron chi connectivity index (χ2n) is 4.41. The lowest BCUT2D eigenvalue weighted by atomic mass is 9.83. The van der Waals surface area contributed by atoms with Gasteiger partial charge < -0.3 is 10.2 Å². The van der Waals surface area contributed by atoms with Gasteiger partial charge in [0.15, 0.2) is 0 Å². The van der Waals surface area contributed by atoms with E-state index in [0.717, 1.165) is 12.2 Å². The van der Waals surface area contributed by atoms with Gasteiger partial charge in [0.1, 0.15) is 0 Å². The van der Waals surface area contributed by atoms with Crippen molar-refractivity contribution in [3.8, 4) is 0 Å². The zero-order valence-electron chi connectivity index (χ0n) is 10.6. The third-order valence-corrected chi connectivity index (χ3v) is 3.20. The van der Waals surface area contributed by atoms with Crippen LogP contribution >= 0.6 is 0 Å². The highest BCUT2D eigenvalue weighted by Crippen LogP contribution is 2.28. The quantitative estimate of drug-likeness (QED) is 0.801. The van der Waals surface area contributed by atoms with E-state index in [9.17, 15) is 18.4 Å². The minimum atomic E-state index is -2.17. The molecule has 0 fully saturated rings. The van der Waals surface area contributed by atoms with Crippen molar-refractivity contribution in [1.29, 1.82) is 0 Å². The van der Waals surface area contributed by atoms with Gasteiger partial charge in [0.2, 0.25) is 5.41 Å². The van der Waals surface area contributed by atoms with Gasteiger partial charge >= 0.3 is 11.9 Å². The van der Waals surface area contributed by atoms with Crippen molar-refractivity contribution >= 4 is 23.6 Å². The molecule has 0 saturated carbocycles.